The van der Waals surface area contributed by atoms with Crippen molar-refractivity contribution in [1.82, 2.24) is 0 Å². The van der Waals surface area contributed by atoms with E-state index in [9.17, 15) is 4.79 Å². The molecule has 1 atom stereocenters. The summed E-state index contributed by atoms with van der Waals surface area (Å²) in [5.41, 5.74) is 1.07. The lowest BCUT2D eigenvalue weighted by Crippen LogP contribution is -2.18. The number of carbonyl (C=O) groups excluding carboxylic acids is 1. The zero-order valence-electron chi connectivity index (χ0n) is 10.3. The molecule has 0 saturated carbocycles. The highest BCUT2D eigenvalue weighted by Crippen LogP contribution is 2.20. The van der Waals surface area contributed by atoms with Gasteiger partial charge in [0.15, 0.2) is 0 Å². The van der Waals surface area contributed by atoms with Crippen molar-refractivity contribution >= 4 is 5.97 Å². The van der Waals surface area contributed by atoms with Gasteiger partial charge in [0.05, 0.1) is 13.5 Å². The third-order valence-electron chi connectivity index (χ3n) is 2.35. The molecular weight excluding hydrogens is 216 g/mol. The minimum atomic E-state index is -0.265. The Kier molecular flexibility index (Phi) is 5.27. The van der Waals surface area contributed by atoms with Gasteiger partial charge in [0.1, 0.15) is 11.9 Å². The summed E-state index contributed by atoms with van der Waals surface area (Å²) < 4.78 is 10.3. The van der Waals surface area contributed by atoms with Crippen molar-refractivity contribution in [3.8, 4) is 5.75 Å². The highest BCUT2D eigenvalue weighted by atomic mass is 16.5. The lowest BCUT2D eigenvalue weighted by molar-refractivity contribution is -0.142. The van der Waals surface area contributed by atoms with Gasteiger partial charge in [0, 0.05) is 0 Å². The standard InChI is InChI=1S/C14H18O3/c1-4-7-12-8-5-6-9-13(12)17-11(2)10-14(15)16-3/h4-6,8-9,11H,1,7,10H2,2-3H3. The fraction of sp³-hybridized carbons (Fsp3) is 0.357. The average Bonchev–Trinajstić information content (AvgIpc) is 2.31. The van der Waals surface area contributed by atoms with Gasteiger partial charge in [-0.3, -0.25) is 4.79 Å². The first kappa shape index (κ1) is 13.3. The normalized spacial score (nSPS) is 11.6. The number of rotatable bonds is 6. The van der Waals surface area contributed by atoms with Crippen LogP contribution >= 0.6 is 0 Å². The summed E-state index contributed by atoms with van der Waals surface area (Å²) in [4.78, 5) is 11.1. The molecular formula is C14H18O3. The summed E-state index contributed by atoms with van der Waals surface area (Å²) in [5.74, 6) is 0.530. The molecule has 0 aromatic heterocycles. The summed E-state index contributed by atoms with van der Waals surface area (Å²) in [6, 6.07) is 7.75. The lowest BCUT2D eigenvalue weighted by Gasteiger charge is -2.16. The third kappa shape index (κ3) is 4.31. The van der Waals surface area contributed by atoms with Crippen LogP contribution in [0.1, 0.15) is 18.9 Å². The summed E-state index contributed by atoms with van der Waals surface area (Å²) in [6.45, 7) is 5.56. The van der Waals surface area contributed by atoms with Crippen LogP contribution in [-0.4, -0.2) is 19.2 Å². The van der Waals surface area contributed by atoms with Crippen molar-refractivity contribution in [1.29, 1.82) is 0 Å². The summed E-state index contributed by atoms with van der Waals surface area (Å²) in [7, 11) is 1.38. The molecule has 0 radical (unpaired) electrons. The number of hydrogen-bond acceptors (Lipinski definition) is 3. The fourth-order valence-corrected chi connectivity index (χ4v) is 1.52. The Bertz CT molecular complexity index is 385. The van der Waals surface area contributed by atoms with E-state index in [-0.39, 0.29) is 18.5 Å². The van der Waals surface area contributed by atoms with E-state index in [2.05, 4.69) is 11.3 Å². The Hall–Kier alpha value is -1.77. The van der Waals surface area contributed by atoms with Crippen LogP contribution < -0.4 is 4.74 Å². The van der Waals surface area contributed by atoms with Crippen LogP contribution in [0.25, 0.3) is 0 Å². The molecule has 0 fully saturated rings. The zero-order valence-corrected chi connectivity index (χ0v) is 10.3. The van der Waals surface area contributed by atoms with Gasteiger partial charge in [-0.2, -0.15) is 0 Å². The van der Waals surface area contributed by atoms with Crippen LogP contribution in [0.4, 0.5) is 0 Å². The molecule has 0 amide bonds. The molecule has 0 saturated heterocycles. The van der Waals surface area contributed by atoms with Crippen molar-refractivity contribution < 1.29 is 14.3 Å². The first-order valence-electron chi connectivity index (χ1n) is 5.59. The van der Waals surface area contributed by atoms with Gasteiger partial charge in [0.25, 0.3) is 0 Å². The van der Waals surface area contributed by atoms with Crippen molar-refractivity contribution in [3.05, 3.63) is 42.5 Å². The second kappa shape index (κ2) is 6.74. The van der Waals surface area contributed by atoms with E-state index in [0.29, 0.717) is 0 Å². The maximum Gasteiger partial charge on any atom is 0.309 e. The maximum atomic E-state index is 11.1. The molecule has 0 aliphatic heterocycles. The monoisotopic (exact) mass is 234 g/mol. The van der Waals surface area contributed by atoms with Gasteiger partial charge in [0.2, 0.25) is 0 Å². The Morgan fingerprint density at radius 3 is 2.82 bits per heavy atom. The van der Waals surface area contributed by atoms with Crippen molar-refractivity contribution in [2.24, 2.45) is 0 Å². The molecule has 17 heavy (non-hydrogen) atoms. The minimum Gasteiger partial charge on any atom is -0.490 e. The molecule has 1 aromatic rings. The van der Waals surface area contributed by atoms with Crippen LogP contribution in [0.5, 0.6) is 5.75 Å². The first-order chi connectivity index (χ1) is 8.17. The fourth-order valence-electron chi connectivity index (χ4n) is 1.52. The number of hydrogen-bond donors (Lipinski definition) is 0. The molecule has 0 heterocycles. The summed E-state index contributed by atoms with van der Waals surface area (Å²) in [6.07, 6.45) is 2.63. The number of allylic oxidation sites excluding steroid dienone is 1. The number of para-hydroxylation sites is 1. The van der Waals surface area contributed by atoms with E-state index in [1.54, 1.807) is 0 Å². The first-order valence-corrected chi connectivity index (χ1v) is 5.59. The second-order valence-electron chi connectivity index (χ2n) is 3.81. The molecule has 0 spiro atoms. The van der Waals surface area contributed by atoms with E-state index in [1.807, 2.05) is 37.3 Å². The van der Waals surface area contributed by atoms with Crippen LogP contribution in [0, 0.1) is 0 Å². The molecule has 3 heteroatoms. The molecule has 0 N–H and O–H groups in total. The van der Waals surface area contributed by atoms with E-state index in [4.69, 9.17) is 4.74 Å². The smallest absolute Gasteiger partial charge is 0.309 e. The molecule has 1 aromatic carbocycles. The highest BCUT2D eigenvalue weighted by Gasteiger charge is 2.12. The molecule has 1 rings (SSSR count). The van der Waals surface area contributed by atoms with Crippen molar-refractivity contribution in [2.45, 2.75) is 25.9 Å². The highest BCUT2D eigenvalue weighted by molar-refractivity contribution is 5.69. The van der Waals surface area contributed by atoms with Crippen LogP contribution in [0.2, 0.25) is 0 Å². The SMILES string of the molecule is C=CCc1ccccc1OC(C)CC(=O)OC. The Labute approximate surface area is 102 Å². The summed E-state index contributed by atoms with van der Waals surface area (Å²) in [5, 5.41) is 0. The Morgan fingerprint density at radius 1 is 1.47 bits per heavy atom. The lowest BCUT2D eigenvalue weighted by atomic mass is 10.1. The molecule has 0 bridgehead atoms. The molecule has 1 unspecified atom stereocenters. The quantitative estimate of drug-likeness (QED) is 0.561. The molecule has 0 aliphatic rings. The topological polar surface area (TPSA) is 35.5 Å². The second-order valence-corrected chi connectivity index (χ2v) is 3.81. The number of ether oxygens (including phenoxy) is 2. The largest absolute Gasteiger partial charge is 0.490 e. The number of carbonyl (C=O) groups is 1. The predicted molar refractivity (Wildman–Crippen MR) is 67.1 cm³/mol. The van der Waals surface area contributed by atoms with E-state index >= 15 is 0 Å². The molecule has 0 aliphatic carbocycles. The van der Waals surface area contributed by atoms with Gasteiger partial charge in [-0.05, 0) is 25.0 Å². The molecule has 92 valence electrons. The van der Waals surface area contributed by atoms with Crippen molar-refractivity contribution in [3.63, 3.8) is 0 Å². The maximum absolute atomic E-state index is 11.1. The predicted octanol–water partition coefficient (Wildman–Crippen LogP) is 2.75. The number of esters is 1. The van der Waals surface area contributed by atoms with Gasteiger partial charge in [-0.15, -0.1) is 6.58 Å². The van der Waals surface area contributed by atoms with Crippen LogP contribution in [0.15, 0.2) is 36.9 Å². The van der Waals surface area contributed by atoms with Crippen LogP contribution in [0.3, 0.4) is 0 Å². The number of methoxy groups -OCH3 is 1. The molecule has 3 nitrogen and oxygen atoms in total. The summed E-state index contributed by atoms with van der Waals surface area (Å²) >= 11 is 0. The van der Waals surface area contributed by atoms with Crippen molar-refractivity contribution in [2.75, 3.05) is 7.11 Å². The van der Waals surface area contributed by atoms with Gasteiger partial charge in [-0.1, -0.05) is 24.3 Å². The van der Waals surface area contributed by atoms with Gasteiger partial charge in [-0.25, -0.2) is 0 Å². The van der Waals surface area contributed by atoms with Gasteiger partial charge < -0.3 is 9.47 Å². The Morgan fingerprint density at radius 2 is 2.18 bits per heavy atom. The number of benzene rings is 1. The van der Waals surface area contributed by atoms with E-state index in [1.165, 1.54) is 7.11 Å². The third-order valence-corrected chi connectivity index (χ3v) is 2.35. The minimum absolute atomic E-state index is 0.201. The zero-order chi connectivity index (χ0) is 12.7. The van der Waals surface area contributed by atoms with Crippen LogP contribution in [-0.2, 0) is 16.0 Å². The Balaban J connectivity index is 2.66. The van der Waals surface area contributed by atoms with E-state index < -0.39 is 0 Å². The average molecular weight is 234 g/mol. The van der Waals surface area contributed by atoms with E-state index in [0.717, 1.165) is 17.7 Å². The van der Waals surface area contributed by atoms with Gasteiger partial charge >= 0.3 is 5.97 Å².